The summed E-state index contributed by atoms with van der Waals surface area (Å²) in [4.78, 5) is 21.2. The summed E-state index contributed by atoms with van der Waals surface area (Å²) in [5.41, 5.74) is -0.256. The van der Waals surface area contributed by atoms with Gasteiger partial charge in [0.2, 0.25) is 0 Å². The second-order valence-corrected chi connectivity index (χ2v) is 7.78. The zero-order valence-corrected chi connectivity index (χ0v) is 18.7. The molecule has 176 valence electrons. The van der Waals surface area contributed by atoms with E-state index in [1.54, 1.807) is 48.9 Å². The Kier molecular flexibility index (Phi) is 6.16. The summed E-state index contributed by atoms with van der Waals surface area (Å²) >= 11 is 1.29. The van der Waals surface area contributed by atoms with Gasteiger partial charge in [0, 0.05) is 17.1 Å². The van der Waals surface area contributed by atoms with Crippen molar-refractivity contribution in [1.82, 2.24) is 14.4 Å². The van der Waals surface area contributed by atoms with Crippen LogP contribution in [0.5, 0.6) is 11.5 Å². The Morgan fingerprint density at radius 1 is 1.29 bits per heavy atom. The number of rotatable bonds is 7. The quantitative estimate of drug-likeness (QED) is 0.332. The van der Waals surface area contributed by atoms with Crippen LogP contribution in [0.1, 0.15) is 34.4 Å². The molecule has 0 saturated carbocycles. The molecular formula is C22H17F3N4O4S. The second-order valence-electron chi connectivity index (χ2n) is 6.91. The molecule has 0 aliphatic rings. The third-order valence-electron chi connectivity index (χ3n) is 4.45. The lowest BCUT2D eigenvalue weighted by Crippen LogP contribution is -2.16. The monoisotopic (exact) mass is 490 g/mol. The first-order valence-electron chi connectivity index (χ1n) is 9.65. The van der Waals surface area contributed by atoms with Gasteiger partial charge in [0.15, 0.2) is 22.2 Å². The average molecular weight is 490 g/mol. The molecule has 1 amide bonds. The number of halogens is 3. The highest BCUT2D eigenvalue weighted by atomic mass is 32.1. The van der Waals surface area contributed by atoms with Gasteiger partial charge in [-0.25, -0.2) is 4.98 Å². The highest BCUT2D eigenvalue weighted by molar-refractivity contribution is 7.15. The molecule has 0 aliphatic heterocycles. The van der Waals surface area contributed by atoms with E-state index in [9.17, 15) is 18.0 Å². The number of anilines is 1. The molecule has 8 nitrogen and oxygen atoms in total. The van der Waals surface area contributed by atoms with Gasteiger partial charge in [-0.05, 0) is 25.1 Å². The Morgan fingerprint density at radius 3 is 2.76 bits per heavy atom. The number of carbonyl (C=O) groups is 1. The number of benzene rings is 1. The Morgan fingerprint density at radius 2 is 2.09 bits per heavy atom. The topological polar surface area (TPSA) is 90.9 Å². The Bertz CT molecular complexity index is 1400. The number of ether oxygens (including phenoxy) is 2. The van der Waals surface area contributed by atoms with Crippen LogP contribution in [0.25, 0.3) is 17.1 Å². The molecule has 0 atom stereocenters. The SMILES string of the molecule is C=C(C)Oc1c(C=Cc2nc3sccn3c2C(=O)Nc2nc(C(F)(F)F)co2)cccc1OC. The van der Waals surface area contributed by atoms with Crippen molar-refractivity contribution in [3.8, 4) is 11.5 Å². The van der Waals surface area contributed by atoms with E-state index in [0.717, 1.165) is 0 Å². The summed E-state index contributed by atoms with van der Waals surface area (Å²) in [7, 11) is 1.51. The number of hydrogen-bond donors (Lipinski definition) is 1. The summed E-state index contributed by atoms with van der Waals surface area (Å²) in [5, 5.41) is 3.97. The lowest BCUT2D eigenvalue weighted by molar-refractivity contribution is -0.141. The van der Waals surface area contributed by atoms with Crippen molar-refractivity contribution >= 4 is 40.4 Å². The molecule has 0 unspecified atom stereocenters. The van der Waals surface area contributed by atoms with Crippen LogP contribution in [0.4, 0.5) is 19.2 Å². The number of methoxy groups -OCH3 is 1. The molecular weight excluding hydrogens is 473 g/mol. The minimum Gasteiger partial charge on any atom is -0.493 e. The number of oxazole rings is 1. The molecule has 0 radical (unpaired) electrons. The Labute approximate surface area is 195 Å². The fourth-order valence-corrected chi connectivity index (χ4v) is 3.76. The van der Waals surface area contributed by atoms with Gasteiger partial charge in [-0.1, -0.05) is 18.7 Å². The van der Waals surface area contributed by atoms with Crippen molar-refractivity contribution in [3.63, 3.8) is 0 Å². The summed E-state index contributed by atoms with van der Waals surface area (Å²) < 4.78 is 55.7. The number of para-hydroxylation sites is 1. The first kappa shape index (κ1) is 23.1. The van der Waals surface area contributed by atoms with Crippen LogP contribution in [0.3, 0.4) is 0 Å². The van der Waals surface area contributed by atoms with E-state index >= 15 is 0 Å². The van der Waals surface area contributed by atoms with Crippen molar-refractivity contribution in [3.05, 3.63) is 71.0 Å². The van der Waals surface area contributed by atoms with Crippen LogP contribution in [-0.2, 0) is 6.18 Å². The lowest BCUT2D eigenvalue weighted by atomic mass is 10.1. The molecule has 3 heterocycles. The van der Waals surface area contributed by atoms with E-state index in [1.165, 1.54) is 22.8 Å². The first-order chi connectivity index (χ1) is 16.2. The van der Waals surface area contributed by atoms with Crippen LogP contribution < -0.4 is 14.8 Å². The van der Waals surface area contributed by atoms with Gasteiger partial charge in [0.05, 0.1) is 18.6 Å². The van der Waals surface area contributed by atoms with Crippen LogP contribution in [0.2, 0.25) is 0 Å². The maximum Gasteiger partial charge on any atom is 0.436 e. The summed E-state index contributed by atoms with van der Waals surface area (Å²) in [6.45, 7) is 5.44. The summed E-state index contributed by atoms with van der Waals surface area (Å²) in [5.74, 6) is 0.620. The van der Waals surface area contributed by atoms with E-state index in [-0.39, 0.29) is 11.4 Å². The Balaban J connectivity index is 1.69. The number of alkyl halides is 3. The van der Waals surface area contributed by atoms with Crippen molar-refractivity contribution in [2.75, 3.05) is 12.4 Å². The number of imidazole rings is 1. The standard InChI is InChI=1S/C22H17F3N4O4S/c1-12(2)33-18-13(5-4-6-15(18)31-3)7-8-14-17(29-9-10-34-21(29)26-14)19(30)28-20-27-16(11-32-20)22(23,24)25/h4-11H,1H2,2-3H3,(H,27,28,30). The maximum absolute atomic E-state index is 13.0. The van der Waals surface area contributed by atoms with Gasteiger partial charge in [-0.2, -0.15) is 18.2 Å². The zero-order valence-electron chi connectivity index (χ0n) is 17.8. The number of nitrogens with zero attached hydrogens (tertiary/aromatic N) is 3. The second kappa shape index (κ2) is 9.06. The zero-order chi connectivity index (χ0) is 24.5. The number of thiazole rings is 1. The number of carbonyl (C=O) groups excluding carboxylic acids is 1. The number of aromatic nitrogens is 3. The molecule has 4 rings (SSSR count). The predicted molar refractivity (Wildman–Crippen MR) is 120 cm³/mol. The van der Waals surface area contributed by atoms with Crippen LogP contribution >= 0.6 is 11.3 Å². The van der Waals surface area contributed by atoms with Gasteiger partial charge in [0.25, 0.3) is 5.91 Å². The number of nitrogens with one attached hydrogen (secondary N) is 1. The minimum absolute atomic E-state index is 0.0875. The third-order valence-corrected chi connectivity index (χ3v) is 5.20. The summed E-state index contributed by atoms with van der Waals surface area (Å²) in [6, 6.07) is 4.69. The van der Waals surface area contributed by atoms with Crippen molar-refractivity contribution in [2.24, 2.45) is 0 Å². The fourth-order valence-electron chi connectivity index (χ4n) is 3.04. The van der Waals surface area contributed by atoms with Gasteiger partial charge in [-0.15, -0.1) is 11.3 Å². The first-order valence-corrected chi connectivity index (χ1v) is 10.5. The van der Waals surface area contributed by atoms with E-state index in [4.69, 9.17) is 13.9 Å². The lowest BCUT2D eigenvalue weighted by Gasteiger charge is -2.12. The van der Waals surface area contributed by atoms with Gasteiger partial charge in [0.1, 0.15) is 12.0 Å². The van der Waals surface area contributed by atoms with Gasteiger partial charge >= 0.3 is 12.2 Å². The predicted octanol–water partition coefficient (Wildman–Crippen LogP) is 5.75. The number of fused-ring (bicyclic) bond motifs is 1. The number of amides is 1. The molecule has 1 aromatic carbocycles. The largest absolute Gasteiger partial charge is 0.493 e. The third kappa shape index (κ3) is 4.66. The molecule has 3 aromatic heterocycles. The van der Waals surface area contributed by atoms with Gasteiger partial charge in [-0.3, -0.25) is 14.5 Å². The molecule has 0 fully saturated rings. The molecule has 0 bridgehead atoms. The number of allylic oxidation sites excluding steroid dienone is 1. The number of hydrogen-bond acceptors (Lipinski definition) is 7. The van der Waals surface area contributed by atoms with Crippen LogP contribution in [0, 0.1) is 0 Å². The normalized spacial score (nSPS) is 11.8. The Hall–Kier alpha value is -4.06. The molecule has 34 heavy (non-hydrogen) atoms. The minimum atomic E-state index is -4.70. The molecule has 12 heteroatoms. The van der Waals surface area contributed by atoms with Crippen molar-refractivity contribution in [1.29, 1.82) is 0 Å². The molecule has 0 aliphatic carbocycles. The smallest absolute Gasteiger partial charge is 0.436 e. The van der Waals surface area contributed by atoms with Crippen LogP contribution in [0.15, 0.2) is 52.8 Å². The molecule has 1 N–H and O–H groups in total. The molecule has 0 spiro atoms. The van der Waals surface area contributed by atoms with E-state index in [0.29, 0.717) is 34.0 Å². The van der Waals surface area contributed by atoms with E-state index in [1.807, 2.05) is 0 Å². The average Bonchev–Trinajstić information content (AvgIpc) is 3.48. The van der Waals surface area contributed by atoms with E-state index in [2.05, 4.69) is 21.9 Å². The van der Waals surface area contributed by atoms with E-state index < -0.39 is 23.8 Å². The maximum atomic E-state index is 13.0. The highest BCUT2D eigenvalue weighted by Crippen LogP contribution is 2.34. The fraction of sp³-hybridized carbons (Fsp3) is 0.136. The molecule has 4 aromatic rings. The van der Waals surface area contributed by atoms with Crippen molar-refractivity contribution in [2.45, 2.75) is 13.1 Å². The van der Waals surface area contributed by atoms with Crippen molar-refractivity contribution < 1.29 is 31.9 Å². The summed E-state index contributed by atoms with van der Waals surface area (Å²) in [6.07, 6.45) is 0.621. The highest BCUT2D eigenvalue weighted by Gasteiger charge is 2.35. The van der Waals surface area contributed by atoms with Gasteiger partial charge < -0.3 is 13.9 Å². The van der Waals surface area contributed by atoms with Crippen LogP contribution in [-0.4, -0.2) is 27.4 Å². The molecule has 0 saturated heterocycles.